The van der Waals surface area contributed by atoms with E-state index in [9.17, 15) is 18.0 Å². The average Bonchev–Trinajstić information content (AvgIpc) is 2.79. The molecule has 0 spiro atoms. The van der Waals surface area contributed by atoms with Gasteiger partial charge >= 0.3 is 0 Å². The highest BCUT2D eigenvalue weighted by molar-refractivity contribution is 7.88. The molecule has 0 radical (unpaired) electrons. The number of nitrogens with zero attached hydrogens (tertiary/aromatic N) is 1. The number of rotatable bonds is 6. The Hall–Kier alpha value is -1.64. The van der Waals surface area contributed by atoms with E-state index in [1.54, 1.807) is 29.2 Å². The number of carbonyl (C=O) groups is 2. The molecule has 0 aliphatic carbocycles. The molecular weight excluding hydrogens is 342 g/mol. The second-order valence-electron chi connectivity index (χ2n) is 5.37. The van der Waals surface area contributed by atoms with Crippen LogP contribution in [-0.2, 0) is 19.6 Å². The second-order valence-corrected chi connectivity index (χ2v) is 7.64. The molecule has 126 valence electrons. The van der Waals surface area contributed by atoms with Crippen molar-refractivity contribution in [3.8, 4) is 0 Å². The van der Waals surface area contributed by atoms with Crippen molar-refractivity contribution in [3.63, 3.8) is 0 Å². The van der Waals surface area contributed by atoms with Gasteiger partial charge in [-0.3, -0.25) is 9.59 Å². The molecule has 23 heavy (non-hydrogen) atoms. The number of carbonyl (C=O) groups excluding carboxylic acids is 2. The lowest BCUT2D eigenvalue weighted by molar-refractivity contribution is -0.121. The van der Waals surface area contributed by atoms with Crippen LogP contribution in [-0.4, -0.2) is 45.6 Å². The third kappa shape index (κ3) is 5.49. The van der Waals surface area contributed by atoms with E-state index in [2.05, 4.69) is 10.0 Å². The molecule has 1 fully saturated rings. The van der Waals surface area contributed by atoms with Crippen LogP contribution in [0, 0.1) is 0 Å². The van der Waals surface area contributed by atoms with Gasteiger partial charge in [-0.25, -0.2) is 13.1 Å². The van der Waals surface area contributed by atoms with Gasteiger partial charge in [0.05, 0.1) is 12.3 Å². The Morgan fingerprint density at radius 2 is 2.00 bits per heavy atom. The predicted molar refractivity (Wildman–Crippen MR) is 87.8 cm³/mol. The van der Waals surface area contributed by atoms with Gasteiger partial charge < -0.3 is 10.2 Å². The Kier molecular flexibility index (Phi) is 5.61. The number of hydrogen-bond acceptors (Lipinski definition) is 4. The molecule has 0 aromatic heterocycles. The van der Waals surface area contributed by atoms with Crippen LogP contribution in [0.3, 0.4) is 0 Å². The minimum absolute atomic E-state index is 0.0265. The van der Waals surface area contributed by atoms with Crippen LogP contribution in [0.2, 0.25) is 5.02 Å². The molecule has 0 saturated carbocycles. The monoisotopic (exact) mass is 359 g/mol. The standard InChI is InChI=1S/C14H18ClN3O4S/c1-23(21,22)16-7-6-13(19)17-11-8-14(20)18(9-11)12-4-2-10(15)3-5-12/h2-5,11,16H,6-9H2,1H3,(H,17,19). The first kappa shape index (κ1) is 17.7. The minimum atomic E-state index is -3.31. The SMILES string of the molecule is CS(=O)(=O)NCCC(=O)NC1CC(=O)N(c2ccc(Cl)cc2)C1. The van der Waals surface area contributed by atoms with E-state index >= 15 is 0 Å². The Morgan fingerprint density at radius 1 is 1.35 bits per heavy atom. The van der Waals surface area contributed by atoms with Gasteiger partial charge in [-0.2, -0.15) is 0 Å². The zero-order chi connectivity index (χ0) is 17.0. The quantitative estimate of drug-likeness (QED) is 0.773. The summed E-state index contributed by atoms with van der Waals surface area (Å²) in [5.74, 6) is -0.371. The van der Waals surface area contributed by atoms with Gasteiger partial charge in [-0.1, -0.05) is 11.6 Å². The van der Waals surface area contributed by atoms with Crippen LogP contribution < -0.4 is 14.9 Å². The van der Waals surface area contributed by atoms with E-state index < -0.39 is 10.0 Å². The van der Waals surface area contributed by atoms with Crippen molar-refractivity contribution in [3.05, 3.63) is 29.3 Å². The first-order valence-electron chi connectivity index (χ1n) is 7.04. The van der Waals surface area contributed by atoms with Gasteiger partial charge in [0.1, 0.15) is 0 Å². The molecule has 1 heterocycles. The van der Waals surface area contributed by atoms with Gasteiger partial charge in [0.2, 0.25) is 21.8 Å². The molecule has 1 aliphatic heterocycles. The van der Waals surface area contributed by atoms with Gasteiger partial charge in [-0.05, 0) is 24.3 Å². The molecule has 7 nitrogen and oxygen atoms in total. The normalized spacial score (nSPS) is 18.3. The molecule has 1 aromatic carbocycles. The van der Waals surface area contributed by atoms with Gasteiger partial charge in [-0.15, -0.1) is 0 Å². The Balaban J connectivity index is 1.85. The number of anilines is 1. The van der Waals surface area contributed by atoms with Crippen LogP contribution in [0.4, 0.5) is 5.69 Å². The van der Waals surface area contributed by atoms with Crippen LogP contribution in [0.1, 0.15) is 12.8 Å². The second kappa shape index (κ2) is 7.29. The van der Waals surface area contributed by atoms with Crippen molar-refractivity contribution in [2.24, 2.45) is 0 Å². The zero-order valence-electron chi connectivity index (χ0n) is 12.6. The number of sulfonamides is 1. The Labute approximate surface area is 140 Å². The molecule has 9 heteroatoms. The number of nitrogens with one attached hydrogen (secondary N) is 2. The Morgan fingerprint density at radius 3 is 2.61 bits per heavy atom. The molecule has 1 unspecified atom stereocenters. The summed E-state index contributed by atoms with van der Waals surface area (Å²) in [5.41, 5.74) is 0.731. The molecule has 2 amide bonds. The van der Waals surface area contributed by atoms with Crippen molar-refractivity contribution >= 4 is 39.1 Å². The van der Waals surface area contributed by atoms with Crippen LogP contribution in [0.25, 0.3) is 0 Å². The fourth-order valence-electron chi connectivity index (χ4n) is 2.32. The van der Waals surface area contributed by atoms with Crippen molar-refractivity contribution in [1.82, 2.24) is 10.0 Å². The molecule has 2 N–H and O–H groups in total. The topological polar surface area (TPSA) is 95.6 Å². The van der Waals surface area contributed by atoms with Crippen LogP contribution in [0.15, 0.2) is 24.3 Å². The summed E-state index contributed by atoms with van der Waals surface area (Å²) in [6.07, 6.45) is 1.27. The fraction of sp³-hybridized carbons (Fsp3) is 0.429. The van der Waals surface area contributed by atoms with Crippen LogP contribution >= 0.6 is 11.6 Å². The molecule has 0 bridgehead atoms. The van der Waals surface area contributed by atoms with Gasteiger partial charge in [0.25, 0.3) is 0 Å². The summed E-state index contributed by atoms with van der Waals surface area (Å²) >= 11 is 5.82. The lowest BCUT2D eigenvalue weighted by Gasteiger charge is -2.17. The zero-order valence-corrected chi connectivity index (χ0v) is 14.2. The summed E-state index contributed by atoms with van der Waals surface area (Å²) in [6, 6.07) is 6.62. The van der Waals surface area contributed by atoms with E-state index in [1.807, 2.05) is 0 Å². The lowest BCUT2D eigenvalue weighted by atomic mass is 10.2. The maximum atomic E-state index is 12.0. The predicted octanol–water partition coefficient (Wildman–Crippen LogP) is 0.501. The summed E-state index contributed by atoms with van der Waals surface area (Å²) < 4.78 is 24.1. The Bertz CT molecular complexity index is 690. The van der Waals surface area contributed by atoms with E-state index in [4.69, 9.17) is 11.6 Å². The highest BCUT2D eigenvalue weighted by Crippen LogP contribution is 2.23. The maximum absolute atomic E-state index is 12.0. The number of hydrogen-bond donors (Lipinski definition) is 2. The van der Waals surface area contributed by atoms with Crippen molar-refractivity contribution in [2.75, 3.05) is 24.2 Å². The number of halogens is 1. The van der Waals surface area contributed by atoms with E-state index in [1.165, 1.54) is 0 Å². The van der Waals surface area contributed by atoms with Crippen molar-refractivity contribution < 1.29 is 18.0 Å². The molecular formula is C14H18ClN3O4S. The van der Waals surface area contributed by atoms with Gasteiger partial charge in [0, 0.05) is 36.6 Å². The van der Waals surface area contributed by atoms with Gasteiger partial charge in [0.15, 0.2) is 0 Å². The molecule has 1 saturated heterocycles. The average molecular weight is 360 g/mol. The summed E-state index contributed by atoms with van der Waals surface area (Å²) in [6.45, 7) is 0.415. The lowest BCUT2D eigenvalue weighted by Crippen LogP contribution is -2.38. The van der Waals surface area contributed by atoms with Crippen molar-refractivity contribution in [1.29, 1.82) is 0 Å². The largest absolute Gasteiger partial charge is 0.351 e. The third-order valence-electron chi connectivity index (χ3n) is 3.34. The molecule has 2 rings (SSSR count). The third-order valence-corrected chi connectivity index (χ3v) is 4.33. The van der Waals surface area contributed by atoms with E-state index in [0.717, 1.165) is 11.9 Å². The summed E-state index contributed by atoms with van der Waals surface area (Å²) in [5, 5.41) is 3.33. The molecule has 1 atom stereocenters. The summed E-state index contributed by atoms with van der Waals surface area (Å²) in [4.78, 5) is 25.4. The van der Waals surface area contributed by atoms with E-state index in [-0.39, 0.29) is 37.2 Å². The fourth-order valence-corrected chi connectivity index (χ4v) is 2.92. The summed E-state index contributed by atoms with van der Waals surface area (Å²) in [7, 11) is -3.31. The minimum Gasteiger partial charge on any atom is -0.351 e. The van der Waals surface area contributed by atoms with E-state index in [0.29, 0.717) is 11.6 Å². The van der Waals surface area contributed by atoms with Crippen molar-refractivity contribution in [2.45, 2.75) is 18.9 Å². The first-order chi connectivity index (χ1) is 10.7. The highest BCUT2D eigenvalue weighted by atomic mass is 35.5. The molecule has 1 aromatic rings. The number of benzene rings is 1. The smallest absolute Gasteiger partial charge is 0.229 e. The van der Waals surface area contributed by atoms with Crippen LogP contribution in [0.5, 0.6) is 0 Å². The maximum Gasteiger partial charge on any atom is 0.229 e. The first-order valence-corrected chi connectivity index (χ1v) is 9.31. The number of amides is 2. The highest BCUT2D eigenvalue weighted by Gasteiger charge is 2.31. The molecule has 1 aliphatic rings.